The molecule has 0 unspecified atom stereocenters. The van der Waals surface area contributed by atoms with E-state index in [0.717, 1.165) is 23.7 Å². The molecule has 2 aromatic rings. The van der Waals surface area contributed by atoms with Crippen LogP contribution in [-0.2, 0) is 6.54 Å². The summed E-state index contributed by atoms with van der Waals surface area (Å²) in [7, 11) is 0. The van der Waals surface area contributed by atoms with Gasteiger partial charge in [-0.15, -0.1) is 0 Å². The fourth-order valence-electron chi connectivity index (χ4n) is 3.64. The molecule has 3 heteroatoms. The molecule has 0 amide bonds. The molecule has 1 aromatic carbocycles. The van der Waals surface area contributed by atoms with Gasteiger partial charge in [-0.1, -0.05) is 13.8 Å². The summed E-state index contributed by atoms with van der Waals surface area (Å²) in [4.78, 5) is 4.85. The number of imidazole rings is 1. The van der Waals surface area contributed by atoms with Crippen molar-refractivity contribution in [2.45, 2.75) is 52.0 Å². The molecule has 0 bridgehead atoms. The highest BCUT2D eigenvalue weighted by Crippen LogP contribution is 2.62. The topological polar surface area (TPSA) is 43.8 Å². The molecule has 3 nitrogen and oxygen atoms in total. The SMILES string of the molecule is CC(C)c1nc2cc(N)ccc2n1CC1(C2CC2)CC1. The average molecular weight is 269 g/mol. The minimum absolute atomic E-state index is 0.457. The molecule has 1 aromatic heterocycles. The van der Waals surface area contributed by atoms with E-state index >= 15 is 0 Å². The smallest absolute Gasteiger partial charge is 0.112 e. The number of rotatable bonds is 4. The third-order valence-electron chi connectivity index (χ3n) is 5.13. The highest BCUT2D eigenvalue weighted by atomic mass is 15.1. The van der Waals surface area contributed by atoms with E-state index in [-0.39, 0.29) is 0 Å². The van der Waals surface area contributed by atoms with E-state index in [1.807, 2.05) is 12.1 Å². The predicted octanol–water partition coefficient (Wildman–Crippen LogP) is 3.93. The molecule has 2 N–H and O–H groups in total. The number of anilines is 1. The number of hydrogen-bond acceptors (Lipinski definition) is 2. The van der Waals surface area contributed by atoms with Gasteiger partial charge in [-0.2, -0.15) is 0 Å². The molecule has 2 saturated carbocycles. The van der Waals surface area contributed by atoms with E-state index in [9.17, 15) is 0 Å². The van der Waals surface area contributed by atoms with E-state index in [0.29, 0.717) is 11.3 Å². The van der Waals surface area contributed by atoms with Gasteiger partial charge in [0.15, 0.2) is 0 Å². The largest absolute Gasteiger partial charge is 0.399 e. The Morgan fingerprint density at radius 1 is 1.35 bits per heavy atom. The molecule has 0 radical (unpaired) electrons. The first-order chi connectivity index (χ1) is 9.59. The molecule has 2 aliphatic rings. The van der Waals surface area contributed by atoms with Crippen LogP contribution in [-0.4, -0.2) is 9.55 Å². The van der Waals surface area contributed by atoms with Gasteiger partial charge < -0.3 is 10.3 Å². The van der Waals surface area contributed by atoms with Crippen LogP contribution in [0.1, 0.15) is 51.3 Å². The lowest BCUT2D eigenvalue weighted by Gasteiger charge is -2.19. The lowest BCUT2D eigenvalue weighted by Crippen LogP contribution is -2.16. The zero-order valence-corrected chi connectivity index (χ0v) is 12.4. The van der Waals surface area contributed by atoms with Gasteiger partial charge in [0.05, 0.1) is 11.0 Å². The highest BCUT2D eigenvalue weighted by Gasteiger charge is 2.54. The fraction of sp³-hybridized carbons (Fsp3) is 0.588. The molecule has 1 heterocycles. The highest BCUT2D eigenvalue weighted by molar-refractivity contribution is 5.79. The molecule has 106 valence electrons. The molecule has 2 aliphatic carbocycles. The normalized spacial score (nSPS) is 20.8. The van der Waals surface area contributed by atoms with E-state index in [4.69, 9.17) is 10.7 Å². The second kappa shape index (κ2) is 4.00. The Hall–Kier alpha value is -1.51. The summed E-state index contributed by atoms with van der Waals surface area (Å²) in [5, 5.41) is 0. The summed E-state index contributed by atoms with van der Waals surface area (Å²) in [5.74, 6) is 2.66. The zero-order valence-electron chi connectivity index (χ0n) is 12.4. The zero-order chi connectivity index (χ0) is 13.9. The van der Waals surface area contributed by atoms with Gasteiger partial charge in [-0.05, 0) is 55.2 Å². The maximum atomic E-state index is 5.91. The van der Waals surface area contributed by atoms with Crippen LogP contribution in [0.2, 0.25) is 0 Å². The Morgan fingerprint density at radius 3 is 2.70 bits per heavy atom. The Balaban J connectivity index is 1.81. The summed E-state index contributed by atoms with van der Waals surface area (Å²) in [5.41, 5.74) is 9.62. The van der Waals surface area contributed by atoms with Crippen molar-refractivity contribution in [2.24, 2.45) is 11.3 Å². The molecule has 0 saturated heterocycles. The van der Waals surface area contributed by atoms with Gasteiger partial charge in [0.2, 0.25) is 0 Å². The fourth-order valence-corrected chi connectivity index (χ4v) is 3.64. The third kappa shape index (κ3) is 1.83. The molecular formula is C17H23N3. The molecule has 0 spiro atoms. The number of nitrogens with two attached hydrogens (primary N) is 1. The van der Waals surface area contributed by atoms with Gasteiger partial charge in [0.1, 0.15) is 5.82 Å². The number of benzene rings is 1. The molecule has 2 fully saturated rings. The minimum Gasteiger partial charge on any atom is -0.399 e. The van der Waals surface area contributed by atoms with Crippen molar-refractivity contribution in [3.63, 3.8) is 0 Å². The van der Waals surface area contributed by atoms with Crippen molar-refractivity contribution in [2.75, 3.05) is 5.73 Å². The summed E-state index contributed by atoms with van der Waals surface area (Å²) in [6.07, 6.45) is 5.70. The van der Waals surface area contributed by atoms with Gasteiger partial charge in [0.25, 0.3) is 0 Å². The number of aromatic nitrogens is 2. The Bertz CT molecular complexity index is 660. The van der Waals surface area contributed by atoms with Crippen LogP contribution < -0.4 is 5.73 Å². The maximum absolute atomic E-state index is 5.91. The van der Waals surface area contributed by atoms with Gasteiger partial charge in [-0.3, -0.25) is 0 Å². The maximum Gasteiger partial charge on any atom is 0.112 e. The number of nitrogens with zero attached hydrogens (tertiary/aromatic N) is 2. The first-order valence-corrected chi connectivity index (χ1v) is 7.85. The average Bonchev–Trinajstić information content (AvgIpc) is 3.27. The van der Waals surface area contributed by atoms with Gasteiger partial charge in [0, 0.05) is 18.2 Å². The van der Waals surface area contributed by atoms with Crippen LogP contribution in [0.4, 0.5) is 5.69 Å². The van der Waals surface area contributed by atoms with Gasteiger partial charge >= 0.3 is 0 Å². The summed E-state index contributed by atoms with van der Waals surface area (Å²) >= 11 is 0. The number of hydrogen-bond donors (Lipinski definition) is 1. The molecule has 20 heavy (non-hydrogen) atoms. The van der Waals surface area contributed by atoms with Crippen molar-refractivity contribution in [1.29, 1.82) is 0 Å². The Labute approximate surface area is 120 Å². The van der Waals surface area contributed by atoms with Crippen LogP contribution in [0.25, 0.3) is 11.0 Å². The van der Waals surface area contributed by atoms with Crippen LogP contribution in [0.15, 0.2) is 18.2 Å². The Kier molecular flexibility index (Phi) is 2.45. The second-order valence-corrected chi connectivity index (χ2v) is 7.10. The van der Waals surface area contributed by atoms with E-state index in [1.165, 1.54) is 37.0 Å². The van der Waals surface area contributed by atoms with Crippen molar-refractivity contribution < 1.29 is 0 Å². The van der Waals surface area contributed by atoms with Crippen molar-refractivity contribution >= 4 is 16.7 Å². The van der Waals surface area contributed by atoms with E-state index in [1.54, 1.807) is 0 Å². The predicted molar refractivity (Wildman–Crippen MR) is 82.6 cm³/mol. The van der Waals surface area contributed by atoms with E-state index < -0.39 is 0 Å². The summed E-state index contributed by atoms with van der Waals surface area (Å²) in [6, 6.07) is 6.16. The van der Waals surface area contributed by atoms with Crippen LogP contribution in [0.5, 0.6) is 0 Å². The van der Waals surface area contributed by atoms with Crippen molar-refractivity contribution in [3.05, 3.63) is 24.0 Å². The molecular weight excluding hydrogens is 246 g/mol. The number of nitrogen functional groups attached to an aromatic ring is 1. The monoisotopic (exact) mass is 269 g/mol. The Morgan fingerprint density at radius 2 is 2.10 bits per heavy atom. The van der Waals surface area contributed by atoms with Crippen molar-refractivity contribution in [1.82, 2.24) is 9.55 Å². The summed E-state index contributed by atoms with van der Waals surface area (Å²) < 4.78 is 2.48. The lowest BCUT2D eigenvalue weighted by molar-refractivity contribution is 0.366. The van der Waals surface area contributed by atoms with E-state index in [2.05, 4.69) is 24.5 Å². The molecule has 4 rings (SSSR count). The first-order valence-electron chi connectivity index (χ1n) is 7.85. The standard InChI is InChI=1S/C17H23N3/c1-11(2)16-19-14-9-13(18)5-6-15(14)20(16)10-17(7-8-17)12-3-4-12/h5-6,9,11-12H,3-4,7-8,10,18H2,1-2H3. The third-order valence-corrected chi connectivity index (χ3v) is 5.13. The van der Waals surface area contributed by atoms with Crippen LogP contribution in [0.3, 0.4) is 0 Å². The first kappa shape index (κ1) is 12.2. The quantitative estimate of drug-likeness (QED) is 0.855. The van der Waals surface area contributed by atoms with Crippen LogP contribution in [0, 0.1) is 11.3 Å². The second-order valence-electron chi connectivity index (χ2n) is 7.10. The minimum atomic E-state index is 0.457. The molecule has 0 aliphatic heterocycles. The van der Waals surface area contributed by atoms with Crippen LogP contribution >= 0.6 is 0 Å². The van der Waals surface area contributed by atoms with Crippen molar-refractivity contribution in [3.8, 4) is 0 Å². The molecule has 0 atom stereocenters. The van der Waals surface area contributed by atoms with Gasteiger partial charge in [-0.25, -0.2) is 4.98 Å². The summed E-state index contributed by atoms with van der Waals surface area (Å²) in [6.45, 7) is 5.63. The lowest BCUT2D eigenvalue weighted by atomic mass is 10.00. The number of fused-ring (bicyclic) bond motifs is 1.